The summed E-state index contributed by atoms with van der Waals surface area (Å²) in [5, 5.41) is 0. The van der Waals surface area contributed by atoms with Crippen molar-refractivity contribution >= 4 is 16.5 Å². The third-order valence-electron chi connectivity index (χ3n) is 2.43. The van der Waals surface area contributed by atoms with Crippen LogP contribution >= 0.6 is 10.8 Å². The average molecular weight is 244 g/mol. The number of nitrogens with zero attached hydrogens (tertiary/aromatic N) is 1. The SMILES string of the molecule is CCN(CC)S(O)(O)Cc1cccc(N)c1. The maximum absolute atomic E-state index is 10.0. The van der Waals surface area contributed by atoms with Gasteiger partial charge in [-0.05, 0) is 17.7 Å². The van der Waals surface area contributed by atoms with E-state index in [0.717, 1.165) is 5.56 Å². The molecule has 0 amide bonds. The molecule has 0 fully saturated rings. The minimum absolute atomic E-state index is 0.236. The van der Waals surface area contributed by atoms with Crippen LogP contribution in [0, 0.1) is 0 Å². The van der Waals surface area contributed by atoms with Crippen LogP contribution in [0.2, 0.25) is 0 Å². The van der Waals surface area contributed by atoms with Gasteiger partial charge in [-0.1, -0.05) is 26.0 Å². The summed E-state index contributed by atoms with van der Waals surface area (Å²) in [4.78, 5) is 0. The fourth-order valence-corrected chi connectivity index (χ4v) is 3.27. The van der Waals surface area contributed by atoms with Gasteiger partial charge in [-0.15, -0.1) is 10.8 Å². The van der Waals surface area contributed by atoms with E-state index in [-0.39, 0.29) is 5.75 Å². The van der Waals surface area contributed by atoms with Gasteiger partial charge in [-0.3, -0.25) is 9.11 Å². The van der Waals surface area contributed by atoms with Gasteiger partial charge in [0, 0.05) is 18.8 Å². The van der Waals surface area contributed by atoms with Crippen molar-refractivity contribution in [2.75, 3.05) is 18.8 Å². The van der Waals surface area contributed by atoms with Crippen LogP contribution in [0.5, 0.6) is 0 Å². The summed E-state index contributed by atoms with van der Waals surface area (Å²) in [7, 11) is -2.71. The van der Waals surface area contributed by atoms with Crippen LogP contribution in [0.4, 0.5) is 5.69 Å². The smallest absolute Gasteiger partial charge is 0.0781 e. The number of benzene rings is 1. The number of hydrogen-bond donors (Lipinski definition) is 3. The quantitative estimate of drug-likeness (QED) is 0.697. The van der Waals surface area contributed by atoms with Crippen LogP contribution in [0.25, 0.3) is 0 Å². The number of anilines is 1. The summed E-state index contributed by atoms with van der Waals surface area (Å²) in [6.07, 6.45) is 0. The lowest BCUT2D eigenvalue weighted by Gasteiger charge is -2.42. The Hall–Kier alpha value is -0.750. The molecule has 0 unspecified atom stereocenters. The van der Waals surface area contributed by atoms with E-state index in [2.05, 4.69) is 0 Å². The maximum Gasteiger partial charge on any atom is 0.0781 e. The third-order valence-corrected chi connectivity index (χ3v) is 4.49. The summed E-state index contributed by atoms with van der Waals surface area (Å²) < 4.78 is 21.8. The van der Waals surface area contributed by atoms with Crippen molar-refractivity contribution in [1.82, 2.24) is 4.31 Å². The number of nitrogen functional groups attached to an aromatic ring is 1. The number of rotatable bonds is 5. The molecule has 16 heavy (non-hydrogen) atoms. The second-order valence-electron chi connectivity index (χ2n) is 3.64. The molecule has 1 aromatic rings. The maximum atomic E-state index is 10.0. The third kappa shape index (κ3) is 3.38. The topological polar surface area (TPSA) is 69.7 Å². The zero-order valence-corrected chi connectivity index (χ0v) is 10.6. The molecule has 4 N–H and O–H groups in total. The number of hydrogen-bond acceptors (Lipinski definition) is 4. The Labute approximate surface area is 98.6 Å². The molecule has 92 valence electrons. The predicted octanol–water partition coefficient (Wildman–Crippen LogP) is 2.78. The Bertz CT molecular complexity index is 341. The summed E-state index contributed by atoms with van der Waals surface area (Å²) in [5.41, 5.74) is 7.15. The molecule has 0 aliphatic heterocycles. The summed E-state index contributed by atoms with van der Waals surface area (Å²) >= 11 is 0. The fourth-order valence-electron chi connectivity index (χ4n) is 1.63. The van der Waals surface area contributed by atoms with Gasteiger partial charge in [0.1, 0.15) is 0 Å². The van der Waals surface area contributed by atoms with Gasteiger partial charge in [0.2, 0.25) is 0 Å². The Morgan fingerprint density at radius 1 is 1.25 bits per heavy atom. The number of nitrogens with two attached hydrogens (primary N) is 1. The lowest BCUT2D eigenvalue weighted by atomic mass is 10.2. The van der Waals surface area contributed by atoms with Crippen molar-refractivity contribution in [3.63, 3.8) is 0 Å². The van der Waals surface area contributed by atoms with Crippen molar-refractivity contribution in [1.29, 1.82) is 0 Å². The van der Waals surface area contributed by atoms with Crippen molar-refractivity contribution in [3.8, 4) is 0 Å². The van der Waals surface area contributed by atoms with Gasteiger partial charge in [-0.2, -0.15) is 0 Å². The molecule has 1 aromatic carbocycles. The van der Waals surface area contributed by atoms with Crippen molar-refractivity contribution in [2.24, 2.45) is 0 Å². The molecular formula is C11H20N2O2S. The highest BCUT2D eigenvalue weighted by Crippen LogP contribution is 2.46. The van der Waals surface area contributed by atoms with Crippen LogP contribution in [0.3, 0.4) is 0 Å². The molecule has 0 radical (unpaired) electrons. The minimum atomic E-state index is -2.71. The molecule has 0 saturated heterocycles. The van der Waals surface area contributed by atoms with Crippen LogP contribution in [-0.4, -0.2) is 26.5 Å². The van der Waals surface area contributed by atoms with E-state index < -0.39 is 10.8 Å². The molecular weight excluding hydrogens is 224 g/mol. The summed E-state index contributed by atoms with van der Waals surface area (Å²) in [6.45, 7) is 5.08. The Morgan fingerprint density at radius 2 is 1.88 bits per heavy atom. The normalized spacial score (nSPS) is 13.1. The van der Waals surface area contributed by atoms with E-state index in [0.29, 0.717) is 18.8 Å². The first-order valence-corrected chi connectivity index (χ1v) is 7.02. The second-order valence-corrected chi connectivity index (χ2v) is 5.71. The summed E-state index contributed by atoms with van der Waals surface area (Å²) in [5.74, 6) is 0.236. The highest BCUT2D eigenvalue weighted by Gasteiger charge is 2.20. The second kappa shape index (κ2) is 5.54. The largest absolute Gasteiger partial charge is 0.399 e. The molecule has 0 aliphatic carbocycles. The predicted molar refractivity (Wildman–Crippen MR) is 70.3 cm³/mol. The molecule has 0 saturated carbocycles. The van der Waals surface area contributed by atoms with E-state index in [9.17, 15) is 9.11 Å². The first-order chi connectivity index (χ1) is 7.49. The molecule has 1 rings (SSSR count). The molecule has 5 heteroatoms. The molecule has 0 bridgehead atoms. The standard InChI is InChI=1S/C11H20N2O2S/c1-3-13(4-2)16(14,15)9-10-6-5-7-11(12)8-10/h5-8,14-15H,3-4,9,12H2,1-2H3. The Balaban J connectivity index is 2.79. The average Bonchev–Trinajstić information content (AvgIpc) is 2.18. The Kier molecular flexibility index (Phi) is 4.61. The van der Waals surface area contributed by atoms with Gasteiger partial charge in [0.15, 0.2) is 0 Å². The summed E-state index contributed by atoms with van der Waals surface area (Å²) in [6, 6.07) is 7.24. The van der Waals surface area contributed by atoms with E-state index in [1.807, 2.05) is 26.0 Å². The van der Waals surface area contributed by atoms with E-state index >= 15 is 0 Å². The monoisotopic (exact) mass is 244 g/mol. The van der Waals surface area contributed by atoms with Crippen molar-refractivity contribution < 1.29 is 9.11 Å². The highest BCUT2D eigenvalue weighted by atomic mass is 32.3. The molecule has 0 heterocycles. The van der Waals surface area contributed by atoms with Gasteiger partial charge in [0.25, 0.3) is 0 Å². The lowest BCUT2D eigenvalue weighted by molar-refractivity contribution is 0.366. The van der Waals surface area contributed by atoms with Gasteiger partial charge in [-0.25, -0.2) is 4.31 Å². The van der Waals surface area contributed by atoms with Crippen LogP contribution in [-0.2, 0) is 5.75 Å². The van der Waals surface area contributed by atoms with E-state index in [1.165, 1.54) is 0 Å². The van der Waals surface area contributed by atoms with Crippen LogP contribution < -0.4 is 5.73 Å². The van der Waals surface area contributed by atoms with Gasteiger partial charge < -0.3 is 5.73 Å². The molecule has 0 aromatic heterocycles. The molecule has 0 atom stereocenters. The first-order valence-electron chi connectivity index (χ1n) is 5.35. The van der Waals surface area contributed by atoms with Crippen LogP contribution in [0.1, 0.15) is 19.4 Å². The van der Waals surface area contributed by atoms with E-state index in [4.69, 9.17) is 5.73 Å². The fraction of sp³-hybridized carbons (Fsp3) is 0.455. The van der Waals surface area contributed by atoms with Gasteiger partial charge >= 0.3 is 0 Å². The lowest BCUT2D eigenvalue weighted by Crippen LogP contribution is -2.28. The first kappa shape index (κ1) is 13.3. The zero-order chi connectivity index (χ0) is 12.2. The van der Waals surface area contributed by atoms with Crippen molar-refractivity contribution in [2.45, 2.75) is 19.6 Å². The zero-order valence-electron chi connectivity index (χ0n) is 9.76. The molecule has 0 spiro atoms. The van der Waals surface area contributed by atoms with Crippen molar-refractivity contribution in [3.05, 3.63) is 29.8 Å². The minimum Gasteiger partial charge on any atom is -0.399 e. The highest BCUT2D eigenvalue weighted by molar-refractivity contribution is 8.21. The Morgan fingerprint density at radius 3 is 2.38 bits per heavy atom. The van der Waals surface area contributed by atoms with Crippen LogP contribution in [0.15, 0.2) is 24.3 Å². The van der Waals surface area contributed by atoms with Gasteiger partial charge in [0.05, 0.1) is 5.75 Å². The molecule has 0 aliphatic rings. The molecule has 4 nitrogen and oxygen atoms in total. The van der Waals surface area contributed by atoms with E-state index in [1.54, 1.807) is 16.4 Å².